The van der Waals surface area contributed by atoms with Crippen molar-refractivity contribution in [3.05, 3.63) is 69.8 Å². The lowest BCUT2D eigenvalue weighted by molar-refractivity contribution is -0.147. The van der Waals surface area contributed by atoms with Gasteiger partial charge in [-0.05, 0) is 84.6 Å². The molecule has 0 unspecified atom stereocenters. The summed E-state index contributed by atoms with van der Waals surface area (Å²) in [7, 11) is 0. The van der Waals surface area contributed by atoms with Crippen molar-refractivity contribution in [2.45, 2.75) is 51.3 Å². The maximum Gasteiger partial charge on any atom is 0.416 e. The molecule has 1 aliphatic heterocycles. The number of aryl methyl sites for hydroxylation is 1. The van der Waals surface area contributed by atoms with Gasteiger partial charge < -0.3 is 9.84 Å². The lowest BCUT2D eigenvalue weighted by atomic mass is 9.85. The summed E-state index contributed by atoms with van der Waals surface area (Å²) in [5.74, 6) is -0.291. The molecule has 1 N–H and O–H groups in total. The van der Waals surface area contributed by atoms with Crippen molar-refractivity contribution in [3.8, 4) is 5.75 Å². The summed E-state index contributed by atoms with van der Waals surface area (Å²) in [6.07, 6.45) is -0.932. The first-order valence-electron chi connectivity index (χ1n) is 11.8. The molecule has 2 fully saturated rings. The number of carbonyl (C=O) groups is 1. The Morgan fingerprint density at radius 1 is 1.12 bits per heavy atom. The van der Waals surface area contributed by atoms with Gasteiger partial charge in [0.05, 0.1) is 11.5 Å². The zero-order chi connectivity index (χ0) is 24.0. The predicted octanol–water partition coefficient (Wildman–Crippen LogP) is 5.90. The van der Waals surface area contributed by atoms with Crippen molar-refractivity contribution in [3.63, 3.8) is 0 Å². The summed E-state index contributed by atoms with van der Waals surface area (Å²) in [6.45, 7) is 4.19. The van der Waals surface area contributed by atoms with Gasteiger partial charge in [-0.15, -0.1) is 0 Å². The van der Waals surface area contributed by atoms with Crippen molar-refractivity contribution in [1.82, 2.24) is 4.90 Å². The number of likely N-dealkylation sites (tertiary alicyclic amines) is 1. The lowest BCUT2D eigenvalue weighted by Crippen LogP contribution is -2.50. The van der Waals surface area contributed by atoms with E-state index in [2.05, 4.69) is 11.8 Å². The molecule has 0 amide bonds. The Labute approximate surface area is 197 Å². The number of halogens is 3. The van der Waals surface area contributed by atoms with Crippen LogP contribution in [0.1, 0.15) is 59.9 Å². The van der Waals surface area contributed by atoms with E-state index in [1.165, 1.54) is 22.8 Å². The molecule has 1 heterocycles. The van der Waals surface area contributed by atoms with E-state index in [1.807, 2.05) is 18.2 Å². The number of hydrogen-bond acceptors (Lipinski definition) is 3. The van der Waals surface area contributed by atoms with Crippen molar-refractivity contribution >= 4 is 11.5 Å². The van der Waals surface area contributed by atoms with Gasteiger partial charge in [0.2, 0.25) is 0 Å². The minimum Gasteiger partial charge on any atom is -0.489 e. The van der Waals surface area contributed by atoms with E-state index in [-0.39, 0.29) is 18.4 Å². The van der Waals surface area contributed by atoms with Crippen LogP contribution in [0.25, 0.3) is 5.57 Å². The van der Waals surface area contributed by atoms with Crippen LogP contribution < -0.4 is 4.74 Å². The second kappa shape index (κ2) is 8.77. The van der Waals surface area contributed by atoms with Gasteiger partial charge in [0.1, 0.15) is 12.4 Å². The highest BCUT2D eigenvalue weighted by molar-refractivity contribution is 5.73. The third kappa shape index (κ3) is 4.71. The standard InChI is InChI=1S/C27H28F3NO3/c1-16-20(12-31-13-21(14-31)26(32)33)6-5-19-11-22(7-9-23(16)19)34-15-17-2-8-24(18-3-4-18)25(10-17)27(28,29)30/h2,7-11,18,21H,3-6,12-15H2,1H3,(H,32,33). The minimum atomic E-state index is -4.36. The van der Waals surface area contributed by atoms with Crippen LogP contribution in [0.4, 0.5) is 13.2 Å². The maximum absolute atomic E-state index is 13.5. The molecule has 1 saturated heterocycles. The van der Waals surface area contributed by atoms with E-state index in [0.717, 1.165) is 37.8 Å². The summed E-state index contributed by atoms with van der Waals surface area (Å²) in [5, 5.41) is 9.07. The number of carboxylic acid groups (broad SMARTS) is 1. The summed E-state index contributed by atoms with van der Waals surface area (Å²) >= 11 is 0. The number of rotatable bonds is 7. The van der Waals surface area contributed by atoms with E-state index >= 15 is 0 Å². The molecule has 2 aromatic rings. The number of fused-ring (bicyclic) bond motifs is 1. The molecule has 0 aromatic heterocycles. The van der Waals surface area contributed by atoms with Crippen LogP contribution in [0.15, 0.2) is 42.0 Å². The number of benzene rings is 2. The smallest absolute Gasteiger partial charge is 0.416 e. The topological polar surface area (TPSA) is 49.8 Å². The summed E-state index contributed by atoms with van der Waals surface area (Å²) < 4.78 is 46.4. The van der Waals surface area contributed by atoms with E-state index in [9.17, 15) is 18.0 Å². The molecule has 0 spiro atoms. The van der Waals surface area contributed by atoms with Gasteiger partial charge in [-0.2, -0.15) is 13.2 Å². The molecule has 0 radical (unpaired) electrons. The Morgan fingerprint density at radius 2 is 1.88 bits per heavy atom. The molecule has 1 saturated carbocycles. The molecule has 180 valence electrons. The Bertz CT molecular complexity index is 1140. The Kier molecular flexibility index (Phi) is 5.92. The number of aliphatic carboxylic acids is 1. The summed E-state index contributed by atoms with van der Waals surface area (Å²) in [6, 6.07) is 10.5. The first kappa shape index (κ1) is 23.0. The number of allylic oxidation sites excluding steroid dienone is 1. The molecule has 0 bridgehead atoms. The van der Waals surface area contributed by atoms with Crippen molar-refractivity contribution in [1.29, 1.82) is 0 Å². The molecule has 34 heavy (non-hydrogen) atoms. The van der Waals surface area contributed by atoms with Crippen molar-refractivity contribution in [2.24, 2.45) is 5.92 Å². The van der Waals surface area contributed by atoms with Crippen LogP contribution in [0, 0.1) is 5.92 Å². The molecule has 0 atom stereocenters. The molecule has 3 aliphatic rings. The van der Waals surface area contributed by atoms with Crippen LogP contribution in [0.2, 0.25) is 0 Å². The summed E-state index contributed by atoms with van der Waals surface area (Å²) in [5.41, 5.74) is 5.27. The third-order valence-electron chi connectivity index (χ3n) is 7.27. The average Bonchev–Trinajstić information content (AvgIpc) is 3.60. The second-order valence-electron chi connectivity index (χ2n) is 9.76. The molecule has 5 rings (SSSR count). The Balaban J connectivity index is 1.25. The highest BCUT2D eigenvalue weighted by Crippen LogP contribution is 2.46. The van der Waals surface area contributed by atoms with Crippen LogP contribution in [-0.4, -0.2) is 35.6 Å². The Morgan fingerprint density at radius 3 is 2.56 bits per heavy atom. The molecule has 7 heteroatoms. The van der Waals surface area contributed by atoms with E-state index in [1.54, 1.807) is 12.1 Å². The molecule has 4 nitrogen and oxygen atoms in total. The normalized spacial score (nSPS) is 19.1. The first-order chi connectivity index (χ1) is 16.2. The van der Waals surface area contributed by atoms with E-state index < -0.39 is 17.7 Å². The number of hydrogen-bond donors (Lipinski definition) is 1. The third-order valence-corrected chi connectivity index (χ3v) is 7.27. The minimum absolute atomic E-state index is 0.0353. The molecule has 2 aromatic carbocycles. The fourth-order valence-corrected chi connectivity index (χ4v) is 5.07. The number of ether oxygens (including phenoxy) is 1. The number of nitrogens with zero attached hydrogens (tertiary/aromatic N) is 1. The van der Waals surface area contributed by atoms with Gasteiger partial charge in [0, 0.05) is 19.6 Å². The fraction of sp³-hybridized carbons (Fsp3) is 0.444. The lowest BCUT2D eigenvalue weighted by Gasteiger charge is -2.38. The summed E-state index contributed by atoms with van der Waals surface area (Å²) in [4.78, 5) is 13.2. The molecular weight excluding hydrogens is 443 g/mol. The van der Waals surface area contributed by atoms with Crippen LogP contribution in [0.5, 0.6) is 5.75 Å². The SMILES string of the molecule is CC1=C(CN2CC(C(=O)O)C2)CCc2cc(OCc3ccc(C4CC4)c(C(F)(F)F)c3)ccc21. The van der Waals surface area contributed by atoms with E-state index in [0.29, 0.717) is 30.0 Å². The second-order valence-corrected chi connectivity index (χ2v) is 9.76. The van der Waals surface area contributed by atoms with Gasteiger partial charge in [-0.1, -0.05) is 23.8 Å². The van der Waals surface area contributed by atoms with E-state index in [4.69, 9.17) is 9.84 Å². The van der Waals surface area contributed by atoms with Gasteiger partial charge in [0.15, 0.2) is 0 Å². The monoisotopic (exact) mass is 471 g/mol. The van der Waals surface area contributed by atoms with Crippen LogP contribution >= 0.6 is 0 Å². The van der Waals surface area contributed by atoms with Crippen molar-refractivity contribution < 1.29 is 27.8 Å². The molecule has 2 aliphatic carbocycles. The van der Waals surface area contributed by atoms with Crippen LogP contribution in [-0.2, 0) is 24.0 Å². The zero-order valence-electron chi connectivity index (χ0n) is 19.1. The Hall–Kier alpha value is -2.80. The highest BCUT2D eigenvalue weighted by Gasteiger charge is 2.38. The fourth-order valence-electron chi connectivity index (χ4n) is 5.07. The maximum atomic E-state index is 13.5. The first-order valence-corrected chi connectivity index (χ1v) is 11.8. The zero-order valence-corrected chi connectivity index (χ0v) is 19.1. The number of alkyl halides is 3. The van der Waals surface area contributed by atoms with Gasteiger partial charge in [-0.25, -0.2) is 0 Å². The van der Waals surface area contributed by atoms with Gasteiger partial charge in [-0.3, -0.25) is 9.69 Å². The number of carboxylic acids is 1. The van der Waals surface area contributed by atoms with Crippen molar-refractivity contribution in [2.75, 3.05) is 19.6 Å². The van der Waals surface area contributed by atoms with Gasteiger partial charge in [0.25, 0.3) is 0 Å². The van der Waals surface area contributed by atoms with Gasteiger partial charge >= 0.3 is 12.1 Å². The largest absolute Gasteiger partial charge is 0.489 e. The van der Waals surface area contributed by atoms with Crippen LogP contribution in [0.3, 0.4) is 0 Å². The average molecular weight is 472 g/mol. The highest BCUT2D eigenvalue weighted by atomic mass is 19.4. The molecular formula is C27H28F3NO3. The predicted molar refractivity (Wildman–Crippen MR) is 123 cm³/mol. The quantitative estimate of drug-likeness (QED) is 0.547.